The van der Waals surface area contributed by atoms with Crippen LogP contribution in [-0.2, 0) is 7.05 Å². The van der Waals surface area contributed by atoms with Gasteiger partial charge in [0.25, 0.3) is 0 Å². The fourth-order valence-electron chi connectivity index (χ4n) is 1.21. The van der Waals surface area contributed by atoms with Crippen LogP contribution in [0.5, 0.6) is 0 Å². The number of fused-ring (bicyclic) bond motifs is 1. The molecule has 1 heterocycles. The van der Waals surface area contributed by atoms with Crippen molar-refractivity contribution in [2.75, 3.05) is 0 Å². The molecular weight excluding hydrogens is 284 g/mol. The summed E-state index contributed by atoms with van der Waals surface area (Å²) in [7, 11) is 1.93. The average molecular weight is 290 g/mol. The van der Waals surface area contributed by atoms with Gasteiger partial charge in [0.2, 0.25) is 0 Å². The second-order valence-electron chi connectivity index (χ2n) is 2.56. The predicted molar refractivity (Wildman–Crippen MR) is 56.1 cm³/mol. The molecule has 0 spiro atoms. The number of nitrogens with zero attached hydrogens (tertiary/aromatic N) is 2. The lowest BCUT2D eigenvalue weighted by molar-refractivity contribution is 0.795. The molecule has 2 nitrogen and oxygen atoms in total. The van der Waals surface area contributed by atoms with Gasteiger partial charge in [-0.1, -0.05) is 15.9 Å². The molecule has 0 N–H and O–H groups in total. The van der Waals surface area contributed by atoms with E-state index in [0.717, 1.165) is 19.8 Å². The highest BCUT2D eigenvalue weighted by Gasteiger charge is 2.05. The highest BCUT2D eigenvalue weighted by atomic mass is 79.9. The van der Waals surface area contributed by atoms with Crippen molar-refractivity contribution in [2.45, 2.75) is 0 Å². The zero-order valence-corrected chi connectivity index (χ0v) is 9.55. The van der Waals surface area contributed by atoms with Crippen LogP contribution >= 0.6 is 31.9 Å². The summed E-state index contributed by atoms with van der Waals surface area (Å²) in [6, 6.07) is 4.02. The first-order valence-electron chi connectivity index (χ1n) is 3.46. The van der Waals surface area contributed by atoms with E-state index in [1.54, 1.807) is 0 Å². The smallest absolute Gasteiger partial charge is 0.0832 e. The fraction of sp³-hybridized carbons (Fsp3) is 0.125. The molecule has 0 atom stereocenters. The Morgan fingerprint density at radius 2 is 1.92 bits per heavy atom. The normalized spacial score (nSPS) is 10.9. The van der Waals surface area contributed by atoms with Crippen LogP contribution in [0.15, 0.2) is 27.3 Å². The fourth-order valence-corrected chi connectivity index (χ4v) is 2.24. The predicted octanol–water partition coefficient (Wildman–Crippen LogP) is 3.10. The van der Waals surface area contributed by atoms with Gasteiger partial charge in [0.05, 0.1) is 11.7 Å². The molecule has 0 aliphatic carbocycles. The molecule has 1 aromatic carbocycles. The summed E-state index contributed by atoms with van der Waals surface area (Å²) >= 11 is 6.95. The van der Waals surface area contributed by atoms with Gasteiger partial charge >= 0.3 is 0 Å². The van der Waals surface area contributed by atoms with E-state index < -0.39 is 0 Å². The van der Waals surface area contributed by atoms with Gasteiger partial charge in [-0.25, -0.2) is 0 Å². The van der Waals surface area contributed by atoms with Crippen LogP contribution < -0.4 is 0 Å². The Labute approximate surface area is 86.8 Å². The van der Waals surface area contributed by atoms with E-state index in [1.807, 2.05) is 30.1 Å². The Balaban J connectivity index is 2.98. The molecule has 0 amide bonds. The third-order valence-electron chi connectivity index (χ3n) is 1.80. The van der Waals surface area contributed by atoms with Crippen LogP contribution in [-0.4, -0.2) is 9.78 Å². The molecule has 0 saturated carbocycles. The summed E-state index contributed by atoms with van der Waals surface area (Å²) < 4.78 is 4.00. The lowest BCUT2D eigenvalue weighted by Crippen LogP contribution is -1.89. The maximum absolute atomic E-state index is 4.17. The molecule has 0 fully saturated rings. The van der Waals surface area contributed by atoms with E-state index >= 15 is 0 Å². The first-order chi connectivity index (χ1) is 5.70. The molecule has 0 saturated heterocycles. The van der Waals surface area contributed by atoms with Gasteiger partial charge in [0.1, 0.15) is 0 Å². The number of hydrogen-bond donors (Lipinski definition) is 0. The Bertz CT molecular complexity index is 434. The molecule has 0 radical (unpaired) electrons. The van der Waals surface area contributed by atoms with Crippen LogP contribution in [0, 0.1) is 0 Å². The van der Waals surface area contributed by atoms with E-state index in [-0.39, 0.29) is 0 Å². The maximum Gasteiger partial charge on any atom is 0.0832 e. The number of aryl methyl sites for hydroxylation is 1. The molecule has 4 heteroatoms. The zero-order valence-electron chi connectivity index (χ0n) is 6.38. The quantitative estimate of drug-likeness (QED) is 0.729. The Morgan fingerprint density at radius 1 is 1.25 bits per heavy atom. The highest BCUT2D eigenvalue weighted by Crippen LogP contribution is 2.29. The minimum atomic E-state index is 1.07. The SMILES string of the molecule is Cn1ncc2c(Br)ccc(Br)c21. The van der Waals surface area contributed by atoms with Gasteiger partial charge in [-0.2, -0.15) is 5.10 Å². The van der Waals surface area contributed by atoms with Gasteiger partial charge in [-0.15, -0.1) is 0 Å². The summed E-state index contributed by atoms with van der Waals surface area (Å²) in [6.07, 6.45) is 1.85. The van der Waals surface area contributed by atoms with Crippen LogP contribution in [0.1, 0.15) is 0 Å². The number of hydrogen-bond acceptors (Lipinski definition) is 1. The molecule has 0 bridgehead atoms. The molecule has 2 rings (SSSR count). The maximum atomic E-state index is 4.17. The molecular formula is C8H6Br2N2. The van der Waals surface area contributed by atoms with Crippen molar-refractivity contribution in [1.29, 1.82) is 0 Å². The van der Waals surface area contributed by atoms with Crippen molar-refractivity contribution in [2.24, 2.45) is 7.05 Å². The van der Waals surface area contributed by atoms with Crippen molar-refractivity contribution < 1.29 is 0 Å². The topological polar surface area (TPSA) is 17.8 Å². The summed E-state index contributed by atoms with van der Waals surface area (Å²) in [5.74, 6) is 0. The van der Waals surface area contributed by atoms with Crippen LogP contribution in [0.2, 0.25) is 0 Å². The van der Waals surface area contributed by atoms with Crippen LogP contribution in [0.25, 0.3) is 10.9 Å². The highest BCUT2D eigenvalue weighted by molar-refractivity contribution is 9.11. The molecule has 0 unspecified atom stereocenters. The van der Waals surface area contributed by atoms with Gasteiger partial charge in [0, 0.05) is 21.4 Å². The Morgan fingerprint density at radius 3 is 2.58 bits per heavy atom. The van der Waals surface area contributed by atoms with Crippen molar-refractivity contribution in [3.63, 3.8) is 0 Å². The molecule has 12 heavy (non-hydrogen) atoms. The number of aromatic nitrogens is 2. The first kappa shape index (κ1) is 8.26. The van der Waals surface area contributed by atoms with Crippen molar-refractivity contribution in [3.05, 3.63) is 27.3 Å². The third kappa shape index (κ3) is 1.10. The summed E-state index contributed by atoms with van der Waals surface area (Å²) in [5.41, 5.74) is 1.12. The molecule has 62 valence electrons. The summed E-state index contributed by atoms with van der Waals surface area (Å²) in [5, 5.41) is 5.31. The van der Waals surface area contributed by atoms with E-state index in [2.05, 4.69) is 37.0 Å². The van der Waals surface area contributed by atoms with E-state index in [4.69, 9.17) is 0 Å². The second kappa shape index (κ2) is 2.85. The van der Waals surface area contributed by atoms with Gasteiger partial charge in [0.15, 0.2) is 0 Å². The Hall–Kier alpha value is -0.350. The lowest BCUT2D eigenvalue weighted by Gasteiger charge is -1.98. The van der Waals surface area contributed by atoms with E-state index in [9.17, 15) is 0 Å². The monoisotopic (exact) mass is 288 g/mol. The summed E-state index contributed by atoms with van der Waals surface area (Å²) in [4.78, 5) is 0. The van der Waals surface area contributed by atoms with E-state index in [0.29, 0.717) is 0 Å². The third-order valence-corrected chi connectivity index (χ3v) is 3.13. The van der Waals surface area contributed by atoms with Crippen molar-refractivity contribution in [3.8, 4) is 0 Å². The van der Waals surface area contributed by atoms with Gasteiger partial charge in [-0.05, 0) is 28.1 Å². The molecule has 2 aromatic rings. The molecule has 0 aliphatic rings. The summed E-state index contributed by atoms with van der Waals surface area (Å²) in [6.45, 7) is 0. The molecule has 1 aromatic heterocycles. The second-order valence-corrected chi connectivity index (χ2v) is 4.27. The zero-order chi connectivity index (χ0) is 8.72. The minimum Gasteiger partial charge on any atom is -0.267 e. The molecule has 0 aliphatic heterocycles. The number of halogens is 2. The van der Waals surface area contributed by atoms with Crippen molar-refractivity contribution in [1.82, 2.24) is 9.78 Å². The minimum absolute atomic E-state index is 1.07. The average Bonchev–Trinajstić information content (AvgIpc) is 2.42. The number of benzene rings is 1. The largest absolute Gasteiger partial charge is 0.267 e. The van der Waals surface area contributed by atoms with Gasteiger partial charge < -0.3 is 0 Å². The van der Waals surface area contributed by atoms with E-state index in [1.165, 1.54) is 0 Å². The standard InChI is InChI=1S/C8H6Br2N2/c1-12-8-5(4-11-12)6(9)2-3-7(8)10/h2-4H,1H3. The van der Waals surface area contributed by atoms with Gasteiger partial charge in [-0.3, -0.25) is 4.68 Å². The first-order valence-corrected chi connectivity index (χ1v) is 5.04. The van der Waals surface area contributed by atoms with Crippen LogP contribution in [0.3, 0.4) is 0 Å². The van der Waals surface area contributed by atoms with Crippen LogP contribution in [0.4, 0.5) is 0 Å². The lowest BCUT2D eigenvalue weighted by atomic mass is 10.3. The Kier molecular flexibility index (Phi) is 1.96. The van der Waals surface area contributed by atoms with Crippen molar-refractivity contribution >= 4 is 42.8 Å². The number of rotatable bonds is 0.